The molecule has 102 valence electrons. The van der Waals surface area contributed by atoms with E-state index in [0.29, 0.717) is 10.9 Å². The van der Waals surface area contributed by atoms with Gasteiger partial charge in [0.05, 0.1) is 11.6 Å². The van der Waals surface area contributed by atoms with Crippen molar-refractivity contribution in [2.75, 3.05) is 0 Å². The van der Waals surface area contributed by atoms with Crippen LogP contribution in [-0.2, 0) is 7.05 Å². The van der Waals surface area contributed by atoms with Crippen molar-refractivity contribution in [1.82, 2.24) is 4.57 Å². The molecule has 2 heterocycles. The van der Waals surface area contributed by atoms with Crippen molar-refractivity contribution >= 4 is 21.9 Å². The molecule has 20 heavy (non-hydrogen) atoms. The highest BCUT2D eigenvalue weighted by molar-refractivity contribution is 6.05. The molecule has 0 aliphatic heterocycles. The Kier molecular flexibility index (Phi) is 2.47. The first-order valence-electron chi connectivity index (χ1n) is 6.17. The van der Waals surface area contributed by atoms with Crippen LogP contribution >= 0.6 is 0 Å². The molecule has 0 unspecified atom stereocenters. The third-order valence-corrected chi connectivity index (χ3v) is 3.51. The first kappa shape index (κ1) is 12.5. The molecule has 0 bridgehead atoms. The van der Waals surface area contributed by atoms with E-state index in [0.717, 1.165) is 17.2 Å². The number of hydrogen-bond acceptors (Lipinski definition) is 4. The Morgan fingerprint density at radius 1 is 1.10 bits per heavy atom. The van der Waals surface area contributed by atoms with Gasteiger partial charge in [-0.15, -0.1) is 0 Å². The Morgan fingerprint density at radius 2 is 1.80 bits per heavy atom. The van der Waals surface area contributed by atoms with E-state index >= 15 is 0 Å². The molecule has 0 fully saturated rings. The summed E-state index contributed by atoms with van der Waals surface area (Å²) < 4.78 is 6.64. The second-order valence-corrected chi connectivity index (χ2v) is 4.99. The number of aromatic nitrogens is 1. The van der Waals surface area contributed by atoms with Crippen LogP contribution in [0.25, 0.3) is 21.9 Å². The van der Waals surface area contributed by atoms with Crippen molar-refractivity contribution in [2.45, 2.75) is 13.8 Å². The van der Waals surface area contributed by atoms with Gasteiger partial charge in [0.1, 0.15) is 11.1 Å². The van der Waals surface area contributed by atoms with Crippen molar-refractivity contribution in [3.8, 4) is 5.75 Å². The molecular formula is C15H13NO4. The predicted molar refractivity (Wildman–Crippen MR) is 76.4 cm³/mol. The van der Waals surface area contributed by atoms with Gasteiger partial charge in [0.25, 0.3) is 5.56 Å². The molecule has 0 saturated heterocycles. The van der Waals surface area contributed by atoms with Gasteiger partial charge < -0.3 is 14.1 Å². The molecule has 0 aliphatic carbocycles. The molecule has 2 aromatic heterocycles. The van der Waals surface area contributed by atoms with Gasteiger partial charge in [0.2, 0.25) is 0 Å². The standard InChI is InChI=1S/C15H13NO4/c1-7-4-8(2)12-9(5-7)16(3)15(19)13-10(17)6-11(18)20-14(12)13/h4-6,17H,1-3H3. The van der Waals surface area contributed by atoms with Crippen LogP contribution in [0.2, 0.25) is 0 Å². The average molecular weight is 271 g/mol. The van der Waals surface area contributed by atoms with E-state index in [4.69, 9.17) is 4.42 Å². The van der Waals surface area contributed by atoms with Crippen molar-refractivity contribution in [3.05, 3.63) is 50.1 Å². The summed E-state index contributed by atoms with van der Waals surface area (Å²) in [6.07, 6.45) is 0. The van der Waals surface area contributed by atoms with Crippen molar-refractivity contribution in [1.29, 1.82) is 0 Å². The van der Waals surface area contributed by atoms with Crippen LogP contribution < -0.4 is 11.2 Å². The van der Waals surface area contributed by atoms with Crippen molar-refractivity contribution < 1.29 is 9.52 Å². The Morgan fingerprint density at radius 3 is 2.50 bits per heavy atom. The molecule has 0 aliphatic rings. The number of aromatic hydroxyl groups is 1. The van der Waals surface area contributed by atoms with E-state index in [1.54, 1.807) is 7.05 Å². The number of pyridine rings is 1. The lowest BCUT2D eigenvalue weighted by Gasteiger charge is -2.11. The van der Waals surface area contributed by atoms with Crippen LogP contribution in [-0.4, -0.2) is 9.67 Å². The number of fused-ring (bicyclic) bond motifs is 3. The molecule has 0 atom stereocenters. The fourth-order valence-electron chi connectivity index (χ4n) is 2.65. The van der Waals surface area contributed by atoms with Crippen LogP contribution in [0.4, 0.5) is 0 Å². The van der Waals surface area contributed by atoms with Crippen LogP contribution in [0, 0.1) is 13.8 Å². The summed E-state index contributed by atoms with van der Waals surface area (Å²) in [5.74, 6) is -0.348. The van der Waals surface area contributed by atoms with Gasteiger partial charge in [-0.25, -0.2) is 4.79 Å². The first-order valence-corrected chi connectivity index (χ1v) is 6.17. The minimum Gasteiger partial charge on any atom is -0.507 e. The Bertz CT molecular complexity index is 979. The van der Waals surface area contributed by atoms with Crippen LogP contribution in [0.5, 0.6) is 5.75 Å². The minimum absolute atomic E-state index is 0.0338. The van der Waals surface area contributed by atoms with Crippen LogP contribution in [0.15, 0.2) is 32.2 Å². The smallest absolute Gasteiger partial charge is 0.339 e. The van der Waals surface area contributed by atoms with Gasteiger partial charge in [0.15, 0.2) is 5.58 Å². The summed E-state index contributed by atoms with van der Waals surface area (Å²) in [7, 11) is 1.63. The second-order valence-electron chi connectivity index (χ2n) is 4.99. The molecule has 5 heteroatoms. The minimum atomic E-state index is -0.676. The molecule has 1 N–H and O–H groups in total. The zero-order chi connectivity index (χ0) is 14.6. The molecule has 1 aromatic carbocycles. The summed E-state index contributed by atoms with van der Waals surface area (Å²) in [4.78, 5) is 23.8. The maximum absolute atomic E-state index is 12.3. The third kappa shape index (κ3) is 1.56. The lowest BCUT2D eigenvalue weighted by Crippen LogP contribution is -2.19. The van der Waals surface area contributed by atoms with Gasteiger partial charge in [-0.05, 0) is 31.0 Å². The van der Waals surface area contributed by atoms with Crippen molar-refractivity contribution in [2.24, 2.45) is 7.05 Å². The van der Waals surface area contributed by atoms with Gasteiger partial charge in [-0.2, -0.15) is 0 Å². The van der Waals surface area contributed by atoms with Gasteiger partial charge in [-0.1, -0.05) is 6.07 Å². The average Bonchev–Trinajstić information content (AvgIpc) is 2.34. The highest BCUT2D eigenvalue weighted by atomic mass is 16.4. The molecule has 5 nitrogen and oxygen atoms in total. The highest BCUT2D eigenvalue weighted by Gasteiger charge is 2.17. The highest BCUT2D eigenvalue weighted by Crippen LogP contribution is 2.29. The molecule has 3 aromatic rings. The summed E-state index contributed by atoms with van der Waals surface area (Å²) in [6, 6.07) is 4.71. The Hall–Kier alpha value is -2.56. The van der Waals surface area contributed by atoms with Gasteiger partial charge in [0, 0.05) is 12.4 Å². The summed E-state index contributed by atoms with van der Waals surface area (Å²) in [6.45, 7) is 3.81. The number of hydrogen-bond donors (Lipinski definition) is 1. The molecule has 0 spiro atoms. The normalized spacial score (nSPS) is 11.3. The largest absolute Gasteiger partial charge is 0.507 e. The van der Waals surface area contributed by atoms with E-state index < -0.39 is 11.2 Å². The second kappa shape index (κ2) is 3.96. The lowest BCUT2D eigenvalue weighted by atomic mass is 10.0. The van der Waals surface area contributed by atoms with E-state index in [-0.39, 0.29) is 16.7 Å². The third-order valence-electron chi connectivity index (χ3n) is 3.51. The lowest BCUT2D eigenvalue weighted by molar-refractivity contribution is 0.467. The monoisotopic (exact) mass is 271 g/mol. The fourth-order valence-corrected chi connectivity index (χ4v) is 2.65. The van der Waals surface area contributed by atoms with Gasteiger partial charge in [-0.3, -0.25) is 4.79 Å². The number of rotatable bonds is 0. The molecule has 3 rings (SSSR count). The fraction of sp³-hybridized carbons (Fsp3) is 0.200. The van der Waals surface area contributed by atoms with Crippen LogP contribution in [0.1, 0.15) is 11.1 Å². The van der Waals surface area contributed by atoms with E-state index in [1.807, 2.05) is 26.0 Å². The summed E-state index contributed by atoms with van der Waals surface area (Å²) in [5, 5.41) is 10.6. The van der Waals surface area contributed by atoms with Gasteiger partial charge >= 0.3 is 5.63 Å². The molecule has 0 radical (unpaired) electrons. The summed E-state index contributed by atoms with van der Waals surface area (Å²) in [5.41, 5.74) is 1.64. The maximum Gasteiger partial charge on any atom is 0.339 e. The molecule has 0 amide bonds. The number of benzene rings is 1. The topological polar surface area (TPSA) is 72.4 Å². The van der Waals surface area contributed by atoms with E-state index in [2.05, 4.69) is 0 Å². The Balaban J connectivity index is 2.80. The maximum atomic E-state index is 12.3. The van der Waals surface area contributed by atoms with Crippen LogP contribution in [0.3, 0.4) is 0 Å². The number of aryl methyl sites for hydroxylation is 3. The number of nitrogens with zero attached hydrogens (tertiary/aromatic N) is 1. The predicted octanol–water partition coefficient (Wildman–Crippen LogP) is 1.97. The SMILES string of the molecule is Cc1cc(C)c2c3oc(=O)cc(O)c3c(=O)n(C)c2c1. The molecular weight excluding hydrogens is 258 g/mol. The van der Waals surface area contributed by atoms with E-state index in [9.17, 15) is 14.7 Å². The summed E-state index contributed by atoms with van der Waals surface area (Å²) >= 11 is 0. The Labute approximate surface area is 113 Å². The first-order chi connectivity index (χ1) is 9.40. The quantitative estimate of drug-likeness (QED) is 0.634. The zero-order valence-electron chi connectivity index (χ0n) is 11.4. The van der Waals surface area contributed by atoms with E-state index in [1.165, 1.54) is 4.57 Å². The zero-order valence-corrected chi connectivity index (χ0v) is 11.4. The molecule has 0 saturated carbocycles. The van der Waals surface area contributed by atoms with Crippen molar-refractivity contribution in [3.63, 3.8) is 0 Å².